The molecule has 2 aromatic heterocycles. The van der Waals surface area contributed by atoms with Gasteiger partial charge < -0.3 is 4.74 Å². The number of aromatic nitrogens is 2. The van der Waals surface area contributed by atoms with E-state index in [1.165, 1.54) is 12.5 Å². The van der Waals surface area contributed by atoms with E-state index >= 15 is 0 Å². The normalized spacial score (nSPS) is 12.0. The summed E-state index contributed by atoms with van der Waals surface area (Å²) in [6.45, 7) is 3.74. The Balaban J connectivity index is 2.40. The maximum atomic E-state index is 11.2. The fourth-order valence-corrected chi connectivity index (χ4v) is 3.14. The second-order valence-corrected chi connectivity index (χ2v) is 8.76. The molecule has 0 bridgehead atoms. The molecule has 0 atom stereocenters. The molecule has 0 spiro atoms. The standard InChI is InChI=1S/C15H18ClN5O3S/c1-15(2,20-21-17)12-9-19-14(24-5-4-6-25(3,22)23)11-8-18-13(16)7-10(11)12/h7-9H,4-6H2,1-3H3. The number of sulfone groups is 1. The van der Waals surface area contributed by atoms with E-state index in [1.54, 1.807) is 26.1 Å². The van der Waals surface area contributed by atoms with E-state index in [9.17, 15) is 8.42 Å². The molecule has 134 valence electrons. The first kappa shape index (κ1) is 19.2. The van der Waals surface area contributed by atoms with Crippen LogP contribution in [0.25, 0.3) is 21.2 Å². The zero-order valence-electron chi connectivity index (χ0n) is 14.1. The molecule has 0 N–H and O–H groups in total. The van der Waals surface area contributed by atoms with Gasteiger partial charge in [-0.15, -0.1) is 0 Å². The van der Waals surface area contributed by atoms with E-state index in [1.807, 2.05) is 0 Å². The SMILES string of the molecule is CC(C)(N=[N+]=[N-])c1cnc(OCCCS(C)(=O)=O)c2cnc(Cl)cc12. The Hall–Kier alpha value is -2.09. The number of pyridine rings is 2. The minimum absolute atomic E-state index is 0.0387. The number of ether oxygens (including phenoxy) is 1. The Morgan fingerprint density at radius 3 is 2.68 bits per heavy atom. The predicted molar refractivity (Wildman–Crippen MR) is 96.5 cm³/mol. The molecule has 0 aromatic carbocycles. The van der Waals surface area contributed by atoms with Crippen LogP contribution >= 0.6 is 11.6 Å². The molecule has 0 radical (unpaired) electrons. The second kappa shape index (κ2) is 7.43. The number of nitrogens with zero attached hydrogens (tertiary/aromatic N) is 5. The summed E-state index contributed by atoms with van der Waals surface area (Å²) in [5.74, 6) is 0.366. The number of hydrogen-bond acceptors (Lipinski definition) is 6. The van der Waals surface area contributed by atoms with Crippen LogP contribution in [-0.4, -0.2) is 37.0 Å². The quantitative estimate of drug-likeness (QED) is 0.238. The number of azide groups is 1. The highest BCUT2D eigenvalue weighted by molar-refractivity contribution is 7.90. The predicted octanol–water partition coefficient (Wildman–Crippen LogP) is 3.64. The molecule has 2 heterocycles. The monoisotopic (exact) mass is 383 g/mol. The third-order valence-corrected chi connectivity index (χ3v) is 4.79. The van der Waals surface area contributed by atoms with E-state index in [0.29, 0.717) is 33.8 Å². The molecule has 0 saturated carbocycles. The molecule has 0 amide bonds. The first-order valence-corrected chi connectivity index (χ1v) is 9.89. The Morgan fingerprint density at radius 2 is 2.04 bits per heavy atom. The first-order valence-electron chi connectivity index (χ1n) is 7.45. The highest BCUT2D eigenvalue weighted by atomic mass is 35.5. The Kier molecular flexibility index (Phi) is 5.72. The van der Waals surface area contributed by atoms with Crippen molar-refractivity contribution in [2.45, 2.75) is 25.8 Å². The average molecular weight is 384 g/mol. The minimum atomic E-state index is -3.04. The molecule has 0 fully saturated rings. The number of hydrogen-bond donors (Lipinski definition) is 0. The summed E-state index contributed by atoms with van der Waals surface area (Å²) >= 11 is 6.00. The van der Waals surface area contributed by atoms with Gasteiger partial charge in [0.1, 0.15) is 15.0 Å². The van der Waals surface area contributed by atoms with Crippen LogP contribution in [0.1, 0.15) is 25.8 Å². The smallest absolute Gasteiger partial charge is 0.222 e. The third kappa shape index (κ3) is 4.94. The van der Waals surface area contributed by atoms with Gasteiger partial charge in [0, 0.05) is 23.6 Å². The van der Waals surface area contributed by atoms with Crippen LogP contribution < -0.4 is 4.74 Å². The van der Waals surface area contributed by atoms with Crippen molar-refractivity contribution in [1.29, 1.82) is 0 Å². The fourth-order valence-electron chi connectivity index (χ4n) is 2.34. The summed E-state index contributed by atoms with van der Waals surface area (Å²) in [4.78, 5) is 11.2. The van der Waals surface area contributed by atoms with Crippen LogP contribution in [0, 0.1) is 0 Å². The van der Waals surface area contributed by atoms with E-state index in [4.69, 9.17) is 21.9 Å². The Morgan fingerprint density at radius 1 is 1.32 bits per heavy atom. The molecule has 2 rings (SSSR count). The highest BCUT2D eigenvalue weighted by Gasteiger charge is 2.23. The van der Waals surface area contributed by atoms with Crippen molar-refractivity contribution >= 4 is 32.2 Å². The van der Waals surface area contributed by atoms with Crippen LogP contribution in [0.2, 0.25) is 5.15 Å². The van der Waals surface area contributed by atoms with Gasteiger partial charge in [-0.3, -0.25) is 0 Å². The Bertz CT molecular complexity index is 940. The summed E-state index contributed by atoms with van der Waals surface area (Å²) in [6.07, 6.45) is 4.64. The van der Waals surface area contributed by atoms with E-state index in [2.05, 4.69) is 20.0 Å². The van der Waals surface area contributed by atoms with Gasteiger partial charge in [-0.25, -0.2) is 18.4 Å². The number of rotatable bonds is 7. The molecule has 2 aromatic rings. The zero-order chi connectivity index (χ0) is 18.7. The maximum Gasteiger partial charge on any atom is 0.222 e. The van der Waals surface area contributed by atoms with Crippen LogP contribution in [0.15, 0.2) is 23.6 Å². The molecule has 25 heavy (non-hydrogen) atoms. The van der Waals surface area contributed by atoms with Crippen molar-refractivity contribution in [2.24, 2.45) is 5.11 Å². The number of halogens is 1. The van der Waals surface area contributed by atoms with E-state index in [-0.39, 0.29) is 12.4 Å². The van der Waals surface area contributed by atoms with Gasteiger partial charge in [0.15, 0.2) is 0 Å². The molecule has 0 aliphatic heterocycles. The van der Waals surface area contributed by atoms with Crippen LogP contribution in [-0.2, 0) is 15.4 Å². The summed E-state index contributed by atoms with van der Waals surface area (Å²) in [7, 11) is -3.04. The van der Waals surface area contributed by atoms with Crippen LogP contribution in [0.5, 0.6) is 5.88 Å². The average Bonchev–Trinajstić information content (AvgIpc) is 2.49. The van der Waals surface area contributed by atoms with Crippen molar-refractivity contribution in [3.05, 3.63) is 39.6 Å². The van der Waals surface area contributed by atoms with Crippen molar-refractivity contribution in [3.8, 4) is 5.88 Å². The fraction of sp³-hybridized carbons (Fsp3) is 0.467. The van der Waals surface area contributed by atoms with Crippen LogP contribution in [0.4, 0.5) is 0 Å². The van der Waals surface area contributed by atoms with Crippen molar-refractivity contribution in [3.63, 3.8) is 0 Å². The van der Waals surface area contributed by atoms with Gasteiger partial charge in [-0.1, -0.05) is 30.6 Å². The van der Waals surface area contributed by atoms with Crippen molar-refractivity contribution < 1.29 is 13.2 Å². The van der Waals surface area contributed by atoms with Crippen molar-refractivity contribution in [2.75, 3.05) is 18.6 Å². The summed E-state index contributed by atoms with van der Waals surface area (Å²) in [5.41, 5.74) is 8.63. The van der Waals surface area contributed by atoms with Gasteiger partial charge in [-0.05, 0) is 29.0 Å². The van der Waals surface area contributed by atoms with Gasteiger partial charge >= 0.3 is 0 Å². The second-order valence-electron chi connectivity index (χ2n) is 6.11. The highest BCUT2D eigenvalue weighted by Crippen LogP contribution is 2.35. The van der Waals surface area contributed by atoms with Gasteiger partial charge in [0.05, 0.1) is 23.3 Å². The maximum absolute atomic E-state index is 11.2. The van der Waals surface area contributed by atoms with Crippen LogP contribution in [0.3, 0.4) is 0 Å². The van der Waals surface area contributed by atoms with Gasteiger partial charge in [-0.2, -0.15) is 0 Å². The molecule has 0 saturated heterocycles. The molecule has 0 aliphatic rings. The molecule has 0 aliphatic carbocycles. The topological polar surface area (TPSA) is 118 Å². The molecule has 8 nitrogen and oxygen atoms in total. The lowest BCUT2D eigenvalue weighted by atomic mass is 9.93. The first-order chi connectivity index (χ1) is 11.6. The lowest BCUT2D eigenvalue weighted by Crippen LogP contribution is -2.15. The summed E-state index contributed by atoms with van der Waals surface area (Å²) in [5, 5.41) is 5.43. The lowest BCUT2D eigenvalue weighted by molar-refractivity contribution is 0.309. The van der Waals surface area contributed by atoms with E-state index < -0.39 is 15.4 Å². The largest absolute Gasteiger partial charge is 0.477 e. The summed E-state index contributed by atoms with van der Waals surface area (Å²) in [6, 6.07) is 1.66. The van der Waals surface area contributed by atoms with Gasteiger partial charge in [0.2, 0.25) is 5.88 Å². The number of fused-ring (bicyclic) bond motifs is 1. The molecule has 10 heteroatoms. The summed E-state index contributed by atoms with van der Waals surface area (Å²) < 4.78 is 28.0. The molecular weight excluding hydrogens is 366 g/mol. The van der Waals surface area contributed by atoms with Crippen molar-refractivity contribution in [1.82, 2.24) is 9.97 Å². The van der Waals surface area contributed by atoms with Gasteiger partial charge in [0.25, 0.3) is 0 Å². The molecular formula is C15H18ClN5O3S. The zero-order valence-corrected chi connectivity index (χ0v) is 15.7. The Labute approximate surface area is 150 Å². The third-order valence-electron chi connectivity index (χ3n) is 3.55. The molecule has 0 unspecified atom stereocenters. The minimum Gasteiger partial charge on any atom is -0.477 e. The lowest BCUT2D eigenvalue weighted by Gasteiger charge is -2.21. The van der Waals surface area contributed by atoms with E-state index in [0.717, 1.165) is 0 Å².